The van der Waals surface area contributed by atoms with Crippen LogP contribution >= 0.6 is 11.6 Å². The molecule has 21 heavy (non-hydrogen) atoms. The number of halogens is 1. The summed E-state index contributed by atoms with van der Waals surface area (Å²) in [6.07, 6.45) is 0.265. The molecule has 0 saturated heterocycles. The number of fused-ring (bicyclic) bond motifs is 1. The lowest BCUT2D eigenvalue weighted by Gasteiger charge is -2.17. The first-order valence-electron chi connectivity index (χ1n) is 6.65. The molecule has 1 amide bonds. The molecule has 5 nitrogen and oxygen atoms in total. The predicted molar refractivity (Wildman–Crippen MR) is 82.1 cm³/mol. The minimum absolute atomic E-state index is 0.00183. The van der Waals surface area contributed by atoms with E-state index < -0.39 is 0 Å². The van der Waals surface area contributed by atoms with Gasteiger partial charge in [-0.15, -0.1) is 11.6 Å². The Bertz CT molecular complexity index is 700. The van der Waals surface area contributed by atoms with Crippen LogP contribution in [0.3, 0.4) is 0 Å². The molecule has 1 aliphatic rings. The zero-order valence-electron chi connectivity index (χ0n) is 11.6. The summed E-state index contributed by atoms with van der Waals surface area (Å²) in [6, 6.07) is 7.87. The van der Waals surface area contributed by atoms with E-state index in [1.165, 1.54) is 0 Å². The molecule has 0 aliphatic carbocycles. The van der Waals surface area contributed by atoms with Gasteiger partial charge in [0.05, 0.1) is 13.0 Å². The molecule has 0 spiro atoms. The SMILES string of the molecule is Cc1nc(N)c2c(n1)N(Cc1ccc(CCl)cc1)C(=O)C2. The summed E-state index contributed by atoms with van der Waals surface area (Å²) in [5.41, 5.74) is 8.69. The van der Waals surface area contributed by atoms with Crippen molar-refractivity contribution >= 4 is 29.1 Å². The Kier molecular flexibility index (Phi) is 3.51. The molecule has 0 bridgehead atoms. The number of carbonyl (C=O) groups excluding carboxylic acids is 1. The van der Waals surface area contributed by atoms with Gasteiger partial charge in [-0.1, -0.05) is 24.3 Å². The average Bonchev–Trinajstić information content (AvgIpc) is 2.77. The van der Waals surface area contributed by atoms with Gasteiger partial charge in [-0.3, -0.25) is 9.69 Å². The van der Waals surface area contributed by atoms with E-state index in [0.717, 1.165) is 16.7 Å². The Morgan fingerprint density at radius 1 is 1.24 bits per heavy atom. The van der Waals surface area contributed by atoms with Crippen molar-refractivity contribution in [2.75, 3.05) is 10.6 Å². The van der Waals surface area contributed by atoms with Crippen LogP contribution in [0.15, 0.2) is 24.3 Å². The van der Waals surface area contributed by atoms with E-state index in [2.05, 4.69) is 9.97 Å². The van der Waals surface area contributed by atoms with Crippen molar-refractivity contribution in [1.29, 1.82) is 0 Å². The van der Waals surface area contributed by atoms with Gasteiger partial charge in [-0.05, 0) is 18.1 Å². The number of rotatable bonds is 3. The lowest BCUT2D eigenvalue weighted by molar-refractivity contribution is -0.117. The molecule has 2 aromatic rings. The van der Waals surface area contributed by atoms with Crippen LogP contribution in [0.25, 0.3) is 0 Å². The van der Waals surface area contributed by atoms with Gasteiger partial charge in [0.1, 0.15) is 17.5 Å². The fourth-order valence-corrected chi connectivity index (χ4v) is 2.62. The number of nitrogens with zero attached hydrogens (tertiary/aromatic N) is 3. The molecule has 1 aromatic heterocycles. The number of hydrogen-bond donors (Lipinski definition) is 1. The van der Waals surface area contributed by atoms with Gasteiger partial charge < -0.3 is 5.73 Å². The normalized spacial score (nSPS) is 13.6. The number of alkyl halides is 1. The molecule has 0 radical (unpaired) electrons. The van der Waals surface area contributed by atoms with E-state index in [-0.39, 0.29) is 12.3 Å². The van der Waals surface area contributed by atoms with Crippen LogP contribution in [0.2, 0.25) is 0 Å². The molecule has 1 aliphatic heterocycles. The second-order valence-corrected chi connectivity index (χ2v) is 5.33. The molecular formula is C15H15ClN4O. The minimum Gasteiger partial charge on any atom is -0.383 e. The average molecular weight is 303 g/mol. The van der Waals surface area contributed by atoms with Gasteiger partial charge in [0.25, 0.3) is 0 Å². The molecular weight excluding hydrogens is 288 g/mol. The Hall–Kier alpha value is -2.14. The second kappa shape index (κ2) is 5.33. The summed E-state index contributed by atoms with van der Waals surface area (Å²) in [4.78, 5) is 22.4. The number of aromatic nitrogens is 2. The number of benzene rings is 1. The van der Waals surface area contributed by atoms with Crippen LogP contribution in [0, 0.1) is 6.92 Å². The van der Waals surface area contributed by atoms with Gasteiger partial charge in [0, 0.05) is 11.4 Å². The smallest absolute Gasteiger partial charge is 0.233 e. The summed E-state index contributed by atoms with van der Waals surface area (Å²) in [6.45, 7) is 2.25. The van der Waals surface area contributed by atoms with Crippen molar-refractivity contribution in [2.24, 2.45) is 0 Å². The zero-order chi connectivity index (χ0) is 15.0. The van der Waals surface area contributed by atoms with Crippen molar-refractivity contribution in [3.63, 3.8) is 0 Å². The summed E-state index contributed by atoms with van der Waals surface area (Å²) in [5.74, 6) is 2.08. The lowest BCUT2D eigenvalue weighted by atomic mass is 10.1. The fraction of sp³-hybridized carbons (Fsp3) is 0.267. The summed E-state index contributed by atoms with van der Waals surface area (Å²) >= 11 is 5.78. The van der Waals surface area contributed by atoms with Crippen molar-refractivity contribution in [3.8, 4) is 0 Å². The standard InChI is InChI=1S/C15H15ClN4O/c1-9-18-14(17)12-6-13(21)20(15(12)19-9)8-11-4-2-10(7-16)3-5-11/h2-5H,6-8H2,1H3,(H2,17,18,19). The Morgan fingerprint density at radius 3 is 2.57 bits per heavy atom. The molecule has 1 aromatic carbocycles. The second-order valence-electron chi connectivity index (χ2n) is 5.07. The maximum Gasteiger partial charge on any atom is 0.233 e. The van der Waals surface area contributed by atoms with Crippen molar-refractivity contribution < 1.29 is 4.79 Å². The molecule has 0 atom stereocenters. The molecule has 0 fully saturated rings. The van der Waals surface area contributed by atoms with Crippen LogP contribution in [-0.4, -0.2) is 15.9 Å². The Labute approximate surface area is 127 Å². The third kappa shape index (κ3) is 2.56. The summed E-state index contributed by atoms with van der Waals surface area (Å²) in [7, 11) is 0. The molecule has 2 N–H and O–H groups in total. The van der Waals surface area contributed by atoms with Gasteiger partial charge >= 0.3 is 0 Å². The maximum absolute atomic E-state index is 12.2. The minimum atomic E-state index is -0.00183. The highest BCUT2D eigenvalue weighted by Gasteiger charge is 2.31. The van der Waals surface area contributed by atoms with E-state index in [0.29, 0.717) is 29.9 Å². The first-order valence-corrected chi connectivity index (χ1v) is 7.19. The number of amides is 1. The fourth-order valence-electron chi connectivity index (χ4n) is 2.44. The van der Waals surface area contributed by atoms with Crippen molar-refractivity contribution in [1.82, 2.24) is 9.97 Å². The number of aryl methyl sites for hydroxylation is 1. The highest BCUT2D eigenvalue weighted by molar-refractivity contribution is 6.17. The Balaban J connectivity index is 1.91. The predicted octanol–water partition coefficient (Wildman–Crippen LogP) is 2.20. The highest BCUT2D eigenvalue weighted by Crippen LogP contribution is 2.31. The molecule has 2 heterocycles. The van der Waals surface area contributed by atoms with E-state index in [4.69, 9.17) is 17.3 Å². The van der Waals surface area contributed by atoms with E-state index >= 15 is 0 Å². The van der Waals surface area contributed by atoms with Crippen LogP contribution in [0.5, 0.6) is 0 Å². The zero-order valence-corrected chi connectivity index (χ0v) is 12.4. The molecule has 0 saturated carbocycles. The van der Waals surface area contributed by atoms with Gasteiger partial charge in [-0.25, -0.2) is 9.97 Å². The van der Waals surface area contributed by atoms with Crippen molar-refractivity contribution in [2.45, 2.75) is 25.8 Å². The van der Waals surface area contributed by atoms with E-state index in [1.807, 2.05) is 24.3 Å². The highest BCUT2D eigenvalue weighted by atomic mass is 35.5. The first-order chi connectivity index (χ1) is 10.1. The van der Waals surface area contributed by atoms with Crippen LogP contribution < -0.4 is 10.6 Å². The van der Waals surface area contributed by atoms with Gasteiger partial charge in [-0.2, -0.15) is 0 Å². The maximum atomic E-state index is 12.2. The first kappa shape index (κ1) is 13.8. The molecule has 108 valence electrons. The Morgan fingerprint density at radius 2 is 1.90 bits per heavy atom. The molecule has 3 rings (SSSR count). The van der Waals surface area contributed by atoms with Crippen LogP contribution in [0.1, 0.15) is 22.5 Å². The number of hydrogen-bond acceptors (Lipinski definition) is 4. The third-order valence-corrected chi connectivity index (χ3v) is 3.84. The van der Waals surface area contributed by atoms with Gasteiger partial charge in [0.2, 0.25) is 5.91 Å². The quantitative estimate of drug-likeness (QED) is 0.882. The number of anilines is 2. The summed E-state index contributed by atoms with van der Waals surface area (Å²) < 4.78 is 0. The lowest BCUT2D eigenvalue weighted by Crippen LogP contribution is -2.26. The van der Waals surface area contributed by atoms with Crippen LogP contribution in [0.4, 0.5) is 11.6 Å². The van der Waals surface area contributed by atoms with Crippen molar-refractivity contribution in [3.05, 3.63) is 46.8 Å². The molecule has 6 heteroatoms. The number of nitrogen functional groups attached to an aromatic ring is 1. The monoisotopic (exact) mass is 302 g/mol. The largest absolute Gasteiger partial charge is 0.383 e. The van der Waals surface area contributed by atoms with Crippen LogP contribution in [-0.2, 0) is 23.6 Å². The topological polar surface area (TPSA) is 72.1 Å². The van der Waals surface area contributed by atoms with Gasteiger partial charge in [0.15, 0.2) is 0 Å². The third-order valence-electron chi connectivity index (χ3n) is 3.53. The van der Waals surface area contributed by atoms with E-state index in [1.54, 1.807) is 11.8 Å². The number of carbonyl (C=O) groups is 1. The number of nitrogens with two attached hydrogens (primary N) is 1. The van der Waals surface area contributed by atoms with E-state index in [9.17, 15) is 4.79 Å². The molecule has 0 unspecified atom stereocenters. The summed E-state index contributed by atoms with van der Waals surface area (Å²) in [5, 5.41) is 0.